The molecule has 23 heavy (non-hydrogen) atoms. The van der Waals surface area contributed by atoms with Crippen molar-refractivity contribution in [1.29, 1.82) is 0 Å². The molecule has 1 heterocycles. The third kappa shape index (κ3) is 1.62. The van der Waals surface area contributed by atoms with E-state index in [4.69, 9.17) is 11.6 Å². The SMILES string of the molecule is CC1(C)c2ccccc2-c2c1c(Cl)cc1c2sc2ccccc21. The van der Waals surface area contributed by atoms with Crippen molar-refractivity contribution in [2.45, 2.75) is 19.3 Å². The van der Waals surface area contributed by atoms with Gasteiger partial charge in [0.2, 0.25) is 0 Å². The lowest BCUT2D eigenvalue weighted by molar-refractivity contribution is 0.661. The molecule has 0 saturated carbocycles. The van der Waals surface area contributed by atoms with E-state index in [0.29, 0.717) is 0 Å². The van der Waals surface area contributed by atoms with Crippen molar-refractivity contribution in [3.05, 3.63) is 70.7 Å². The van der Waals surface area contributed by atoms with E-state index >= 15 is 0 Å². The molecule has 4 aromatic rings. The lowest BCUT2D eigenvalue weighted by Gasteiger charge is -2.22. The molecule has 0 amide bonds. The van der Waals surface area contributed by atoms with Crippen LogP contribution >= 0.6 is 22.9 Å². The summed E-state index contributed by atoms with van der Waals surface area (Å²) in [5, 5.41) is 3.47. The number of thiophene rings is 1. The van der Waals surface area contributed by atoms with E-state index < -0.39 is 0 Å². The number of fused-ring (bicyclic) bond motifs is 7. The second-order valence-corrected chi connectivity index (χ2v) is 8.21. The predicted octanol–water partition coefficient (Wildman–Crippen LogP) is 7.01. The minimum Gasteiger partial charge on any atom is -0.135 e. The van der Waals surface area contributed by atoms with Crippen LogP contribution in [-0.2, 0) is 5.41 Å². The molecule has 0 fully saturated rings. The zero-order chi connectivity index (χ0) is 15.8. The van der Waals surface area contributed by atoms with Crippen LogP contribution in [0.15, 0.2) is 54.6 Å². The quantitative estimate of drug-likeness (QED) is 0.324. The van der Waals surface area contributed by atoms with Crippen molar-refractivity contribution in [3.8, 4) is 11.1 Å². The number of rotatable bonds is 0. The molecule has 2 heteroatoms. The highest BCUT2D eigenvalue weighted by molar-refractivity contribution is 7.26. The first kappa shape index (κ1) is 13.6. The van der Waals surface area contributed by atoms with Gasteiger partial charge in [-0.3, -0.25) is 0 Å². The van der Waals surface area contributed by atoms with E-state index in [1.54, 1.807) is 0 Å². The first-order valence-electron chi connectivity index (χ1n) is 7.83. The van der Waals surface area contributed by atoms with Gasteiger partial charge in [0.15, 0.2) is 0 Å². The molecule has 0 unspecified atom stereocenters. The number of hydrogen-bond donors (Lipinski definition) is 0. The monoisotopic (exact) mass is 334 g/mol. The predicted molar refractivity (Wildman–Crippen MR) is 102 cm³/mol. The zero-order valence-electron chi connectivity index (χ0n) is 13.0. The van der Waals surface area contributed by atoms with Crippen LogP contribution in [0.3, 0.4) is 0 Å². The summed E-state index contributed by atoms with van der Waals surface area (Å²) in [6.45, 7) is 4.56. The van der Waals surface area contributed by atoms with E-state index in [-0.39, 0.29) is 5.41 Å². The van der Waals surface area contributed by atoms with Gasteiger partial charge in [0, 0.05) is 36.2 Å². The maximum Gasteiger partial charge on any atom is 0.0460 e. The van der Waals surface area contributed by atoms with E-state index in [2.05, 4.69) is 68.4 Å². The topological polar surface area (TPSA) is 0 Å². The Balaban J connectivity index is 2.06. The first-order valence-corrected chi connectivity index (χ1v) is 9.02. The Morgan fingerprint density at radius 1 is 0.913 bits per heavy atom. The molecule has 0 N–H and O–H groups in total. The highest BCUT2D eigenvalue weighted by Gasteiger charge is 2.38. The molecular weight excluding hydrogens is 320 g/mol. The van der Waals surface area contributed by atoms with Gasteiger partial charge in [-0.25, -0.2) is 0 Å². The highest BCUT2D eigenvalue weighted by atomic mass is 35.5. The lowest BCUT2D eigenvalue weighted by Crippen LogP contribution is -2.15. The van der Waals surface area contributed by atoms with Gasteiger partial charge in [0.25, 0.3) is 0 Å². The van der Waals surface area contributed by atoms with E-state index in [1.807, 2.05) is 11.3 Å². The standard InChI is InChI=1S/C21H15ClS/c1-21(2)15-9-5-3-8-13(15)18-19(21)16(22)11-14-12-7-4-6-10-17(12)23-20(14)18/h3-11H,1-2H3. The fraction of sp³-hybridized carbons (Fsp3) is 0.143. The Bertz CT molecular complexity index is 1100. The smallest absolute Gasteiger partial charge is 0.0460 e. The number of benzene rings is 3. The minimum absolute atomic E-state index is 0.0482. The Hall–Kier alpha value is -1.83. The van der Waals surface area contributed by atoms with Crippen molar-refractivity contribution in [3.63, 3.8) is 0 Å². The molecule has 112 valence electrons. The summed E-state index contributed by atoms with van der Waals surface area (Å²) in [5.41, 5.74) is 5.29. The average Bonchev–Trinajstić information content (AvgIpc) is 3.02. The van der Waals surface area contributed by atoms with Gasteiger partial charge in [-0.1, -0.05) is 67.9 Å². The van der Waals surface area contributed by atoms with Crippen molar-refractivity contribution >= 4 is 43.1 Å². The van der Waals surface area contributed by atoms with E-state index in [9.17, 15) is 0 Å². The largest absolute Gasteiger partial charge is 0.135 e. The second-order valence-electron chi connectivity index (χ2n) is 6.75. The summed E-state index contributed by atoms with van der Waals surface area (Å²) in [6, 6.07) is 19.5. The van der Waals surface area contributed by atoms with Crippen LogP contribution in [0.25, 0.3) is 31.3 Å². The molecule has 0 atom stereocenters. The first-order chi connectivity index (χ1) is 11.1. The molecule has 1 aliphatic carbocycles. The lowest BCUT2D eigenvalue weighted by atomic mass is 9.82. The molecule has 0 radical (unpaired) electrons. The third-order valence-corrected chi connectivity index (χ3v) is 6.62. The Labute approximate surface area is 144 Å². The Morgan fingerprint density at radius 3 is 2.52 bits per heavy atom. The van der Waals surface area contributed by atoms with Crippen molar-refractivity contribution in [1.82, 2.24) is 0 Å². The van der Waals surface area contributed by atoms with Crippen molar-refractivity contribution < 1.29 is 0 Å². The van der Waals surface area contributed by atoms with Gasteiger partial charge in [0.05, 0.1) is 0 Å². The van der Waals surface area contributed by atoms with Gasteiger partial charge in [0.1, 0.15) is 0 Å². The van der Waals surface area contributed by atoms with Crippen LogP contribution in [0.5, 0.6) is 0 Å². The number of hydrogen-bond acceptors (Lipinski definition) is 1. The van der Waals surface area contributed by atoms with Crippen LogP contribution in [0, 0.1) is 0 Å². The highest BCUT2D eigenvalue weighted by Crippen LogP contribution is 2.55. The van der Waals surface area contributed by atoms with Gasteiger partial charge < -0.3 is 0 Å². The molecule has 0 bridgehead atoms. The Kier molecular flexibility index (Phi) is 2.58. The van der Waals surface area contributed by atoms with Gasteiger partial charge in [-0.05, 0) is 28.8 Å². The van der Waals surface area contributed by atoms with Gasteiger partial charge in [-0.15, -0.1) is 11.3 Å². The summed E-state index contributed by atoms with van der Waals surface area (Å²) in [7, 11) is 0. The molecular formula is C21H15ClS. The molecule has 0 aliphatic heterocycles. The minimum atomic E-state index is -0.0482. The van der Waals surface area contributed by atoms with Crippen LogP contribution < -0.4 is 0 Å². The summed E-state index contributed by atoms with van der Waals surface area (Å²) in [6.07, 6.45) is 0. The fourth-order valence-corrected chi connectivity index (χ4v) is 5.76. The van der Waals surface area contributed by atoms with Crippen molar-refractivity contribution in [2.24, 2.45) is 0 Å². The maximum absolute atomic E-state index is 6.79. The van der Waals surface area contributed by atoms with Crippen LogP contribution in [-0.4, -0.2) is 0 Å². The molecule has 1 aliphatic rings. The molecule has 0 nitrogen and oxygen atoms in total. The van der Waals surface area contributed by atoms with E-state index in [1.165, 1.54) is 42.4 Å². The summed E-state index contributed by atoms with van der Waals surface area (Å²) in [5.74, 6) is 0. The average molecular weight is 335 g/mol. The van der Waals surface area contributed by atoms with Gasteiger partial charge >= 0.3 is 0 Å². The van der Waals surface area contributed by atoms with Gasteiger partial charge in [-0.2, -0.15) is 0 Å². The molecule has 3 aromatic carbocycles. The van der Waals surface area contributed by atoms with Crippen LogP contribution in [0.1, 0.15) is 25.0 Å². The molecule has 1 aromatic heterocycles. The molecule has 5 rings (SSSR count). The summed E-state index contributed by atoms with van der Waals surface area (Å²) in [4.78, 5) is 0. The second kappa shape index (κ2) is 4.37. The third-order valence-electron chi connectivity index (χ3n) is 5.12. The maximum atomic E-state index is 6.79. The normalized spacial score (nSPS) is 15.1. The molecule has 0 saturated heterocycles. The van der Waals surface area contributed by atoms with Crippen LogP contribution in [0.2, 0.25) is 5.02 Å². The molecule has 0 spiro atoms. The van der Waals surface area contributed by atoms with Crippen LogP contribution in [0.4, 0.5) is 0 Å². The van der Waals surface area contributed by atoms with Crippen molar-refractivity contribution in [2.75, 3.05) is 0 Å². The number of halogens is 1. The zero-order valence-corrected chi connectivity index (χ0v) is 14.6. The summed E-state index contributed by atoms with van der Waals surface area (Å²) < 4.78 is 2.69. The van der Waals surface area contributed by atoms with E-state index in [0.717, 1.165) is 5.02 Å². The fourth-order valence-electron chi connectivity index (χ4n) is 4.08. The summed E-state index contributed by atoms with van der Waals surface area (Å²) >= 11 is 8.67. The Morgan fingerprint density at radius 2 is 1.65 bits per heavy atom.